The van der Waals surface area contributed by atoms with Crippen LogP contribution in [0.1, 0.15) is 12.0 Å². The second kappa shape index (κ2) is 5.80. The lowest BCUT2D eigenvalue weighted by atomic mass is 10.1. The first-order valence-electron chi connectivity index (χ1n) is 5.99. The van der Waals surface area contributed by atoms with Gasteiger partial charge in [0, 0.05) is 12.6 Å². The van der Waals surface area contributed by atoms with E-state index in [9.17, 15) is 4.79 Å². The first-order chi connectivity index (χ1) is 8.25. The van der Waals surface area contributed by atoms with E-state index >= 15 is 0 Å². The van der Waals surface area contributed by atoms with E-state index < -0.39 is 5.97 Å². The molecule has 2 unspecified atom stereocenters. The van der Waals surface area contributed by atoms with Gasteiger partial charge in [-0.3, -0.25) is 4.79 Å². The van der Waals surface area contributed by atoms with Gasteiger partial charge in [0.05, 0.1) is 0 Å². The van der Waals surface area contributed by atoms with E-state index in [4.69, 9.17) is 5.11 Å². The van der Waals surface area contributed by atoms with Crippen LogP contribution in [0.15, 0.2) is 30.3 Å². The smallest absolute Gasteiger partial charge is 0.320 e. The second-order valence-electron chi connectivity index (χ2n) is 4.42. The van der Waals surface area contributed by atoms with E-state index in [2.05, 4.69) is 22.8 Å². The summed E-state index contributed by atoms with van der Waals surface area (Å²) in [5, 5.41) is 15.2. The van der Waals surface area contributed by atoms with Gasteiger partial charge in [0.15, 0.2) is 0 Å². The minimum atomic E-state index is -0.752. The number of hydrogen-bond donors (Lipinski definition) is 3. The predicted octanol–water partition coefficient (Wildman–Crippen LogP) is 0.634. The Bertz CT molecular complexity index is 367. The third kappa shape index (κ3) is 3.54. The molecule has 1 aromatic carbocycles. The zero-order valence-corrected chi connectivity index (χ0v) is 9.73. The van der Waals surface area contributed by atoms with Crippen molar-refractivity contribution >= 4 is 5.97 Å². The highest BCUT2D eigenvalue weighted by Crippen LogP contribution is 2.07. The Morgan fingerprint density at radius 3 is 2.82 bits per heavy atom. The fraction of sp³-hybridized carbons (Fsp3) is 0.462. The summed E-state index contributed by atoms with van der Waals surface area (Å²) in [6, 6.07) is 10.2. The van der Waals surface area contributed by atoms with E-state index in [0.717, 1.165) is 19.5 Å². The number of carbonyl (C=O) groups is 1. The van der Waals surface area contributed by atoms with Gasteiger partial charge in [0.1, 0.15) is 6.04 Å². The zero-order valence-electron chi connectivity index (χ0n) is 9.73. The molecule has 0 bridgehead atoms. The molecule has 3 N–H and O–H groups in total. The molecule has 92 valence electrons. The van der Waals surface area contributed by atoms with E-state index in [0.29, 0.717) is 6.42 Å². The monoisotopic (exact) mass is 234 g/mol. The number of carboxylic acids is 1. The summed E-state index contributed by atoms with van der Waals surface area (Å²) < 4.78 is 0. The lowest BCUT2D eigenvalue weighted by molar-refractivity contribution is -0.139. The highest BCUT2D eigenvalue weighted by molar-refractivity contribution is 5.73. The Morgan fingerprint density at radius 1 is 1.41 bits per heavy atom. The highest BCUT2D eigenvalue weighted by atomic mass is 16.4. The molecule has 1 heterocycles. The lowest BCUT2D eigenvalue weighted by Crippen LogP contribution is -2.32. The van der Waals surface area contributed by atoms with E-state index in [1.807, 2.05) is 18.2 Å². The Kier molecular flexibility index (Phi) is 4.12. The van der Waals surface area contributed by atoms with E-state index in [1.54, 1.807) is 0 Å². The minimum absolute atomic E-state index is 0.278. The molecule has 0 spiro atoms. The molecule has 0 aliphatic carbocycles. The summed E-state index contributed by atoms with van der Waals surface area (Å²) in [5.74, 6) is -0.752. The van der Waals surface area contributed by atoms with Crippen LogP contribution in [0.5, 0.6) is 0 Å². The highest BCUT2D eigenvalue weighted by Gasteiger charge is 2.28. The molecule has 4 nitrogen and oxygen atoms in total. The van der Waals surface area contributed by atoms with Crippen LogP contribution in [0.4, 0.5) is 0 Å². The SMILES string of the molecule is O=C(O)C1CC(NCCc2ccccc2)CN1. The van der Waals surface area contributed by atoms with E-state index in [-0.39, 0.29) is 12.1 Å². The maximum absolute atomic E-state index is 10.8. The Labute approximate surface area is 101 Å². The standard InChI is InChI=1S/C13H18N2O2/c16-13(17)12-8-11(9-15-12)14-7-6-10-4-2-1-3-5-10/h1-5,11-12,14-15H,6-9H2,(H,16,17). The van der Waals surface area contributed by atoms with Crippen molar-refractivity contribution in [2.24, 2.45) is 0 Å². The van der Waals surface area contributed by atoms with Gasteiger partial charge in [-0.2, -0.15) is 0 Å². The molecule has 2 atom stereocenters. The quantitative estimate of drug-likeness (QED) is 0.699. The Balaban J connectivity index is 1.68. The third-order valence-electron chi connectivity index (χ3n) is 3.12. The summed E-state index contributed by atoms with van der Waals surface area (Å²) >= 11 is 0. The first-order valence-corrected chi connectivity index (χ1v) is 5.99. The van der Waals surface area contributed by atoms with Crippen LogP contribution in [0.2, 0.25) is 0 Å². The first kappa shape index (κ1) is 12.1. The zero-order chi connectivity index (χ0) is 12.1. The average Bonchev–Trinajstić information content (AvgIpc) is 2.79. The van der Waals surface area contributed by atoms with Crippen molar-refractivity contribution in [3.8, 4) is 0 Å². The molecular weight excluding hydrogens is 216 g/mol. The van der Waals surface area contributed by atoms with Crippen LogP contribution in [0.3, 0.4) is 0 Å². The van der Waals surface area contributed by atoms with Crippen molar-refractivity contribution in [3.63, 3.8) is 0 Å². The third-order valence-corrected chi connectivity index (χ3v) is 3.12. The normalized spacial score (nSPS) is 23.8. The minimum Gasteiger partial charge on any atom is -0.480 e. The van der Waals surface area contributed by atoms with Crippen LogP contribution in [-0.2, 0) is 11.2 Å². The molecule has 1 aliphatic heterocycles. The average molecular weight is 234 g/mol. The van der Waals surface area contributed by atoms with Crippen molar-refractivity contribution in [2.75, 3.05) is 13.1 Å². The van der Waals surface area contributed by atoms with Crippen molar-refractivity contribution in [2.45, 2.75) is 24.9 Å². The number of nitrogens with one attached hydrogen (secondary N) is 2. The van der Waals surface area contributed by atoms with Gasteiger partial charge in [-0.05, 0) is 24.9 Å². The molecule has 4 heteroatoms. The molecule has 1 aromatic rings. The lowest BCUT2D eigenvalue weighted by Gasteiger charge is -2.11. The van der Waals surface area contributed by atoms with E-state index in [1.165, 1.54) is 5.56 Å². The van der Waals surface area contributed by atoms with Gasteiger partial charge in [0.2, 0.25) is 0 Å². The Morgan fingerprint density at radius 2 is 2.18 bits per heavy atom. The van der Waals surface area contributed by atoms with Crippen molar-refractivity contribution in [1.29, 1.82) is 0 Å². The summed E-state index contributed by atoms with van der Waals surface area (Å²) in [6.07, 6.45) is 1.65. The van der Waals surface area contributed by atoms with Gasteiger partial charge in [-0.1, -0.05) is 30.3 Å². The summed E-state index contributed by atoms with van der Waals surface area (Å²) in [4.78, 5) is 10.8. The summed E-state index contributed by atoms with van der Waals surface area (Å²) in [7, 11) is 0. The molecule has 2 rings (SSSR count). The van der Waals surface area contributed by atoms with Crippen LogP contribution < -0.4 is 10.6 Å². The maximum Gasteiger partial charge on any atom is 0.320 e. The van der Waals surface area contributed by atoms with Crippen molar-refractivity contribution in [3.05, 3.63) is 35.9 Å². The topological polar surface area (TPSA) is 61.4 Å². The maximum atomic E-state index is 10.8. The fourth-order valence-corrected chi connectivity index (χ4v) is 2.14. The Hall–Kier alpha value is -1.39. The number of benzene rings is 1. The second-order valence-corrected chi connectivity index (χ2v) is 4.42. The van der Waals surface area contributed by atoms with Gasteiger partial charge in [-0.15, -0.1) is 0 Å². The van der Waals surface area contributed by atoms with Gasteiger partial charge >= 0.3 is 5.97 Å². The molecular formula is C13H18N2O2. The molecule has 1 saturated heterocycles. The molecule has 17 heavy (non-hydrogen) atoms. The molecule has 0 radical (unpaired) electrons. The van der Waals surface area contributed by atoms with Gasteiger partial charge in [-0.25, -0.2) is 0 Å². The molecule has 0 saturated carbocycles. The van der Waals surface area contributed by atoms with Crippen LogP contribution in [-0.4, -0.2) is 36.2 Å². The molecule has 0 amide bonds. The number of aliphatic carboxylic acids is 1. The van der Waals surface area contributed by atoms with Crippen molar-refractivity contribution in [1.82, 2.24) is 10.6 Å². The van der Waals surface area contributed by atoms with Gasteiger partial charge < -0.3 is 15.7 Å². The van der Waals surface area contributed by atoms with Gasteiger partial charge in [0.25, 0.3) is 0 Å². The molecule has 1 fully saturated rings. The summed E-state index contributed by atoms with van der Waals surface area (Å²) in [5.41, 5.74) is 1.31. The fourth-order valence-electron chi connectivity index (χ4n) is 2.14. The largest absolute Gasteiger partial charge is 0.480 e. The number of hydrogen-bond acceptors (Lipinski definition) is 3. The van der Waals surface area contributed by atoms with Crippen molar-refractivity contribution < 1.29 is 9.90 Å². The van der Waals surface area contributed by atoms with Crippen LogP contribution in [0, 0.1) is 0 Å². The molecule has 0 aromatic heterocycles. The van der Waals surface area contributed by atoms with Crippen LogP contribution in [0.25, 0.3) is 0 Å². The van der Waals surface area contributed by atoms with Crippen LogP contribution >= 0.6 is 0 Å². The predicted molar refractivity (Wildman–Crippen MR) is 66.0 cm³/mol. The summed E-state index contributed by atoms with van der Waals surface area (Å²) in [6.45, 7) is 1.63. The number of rotatable bonds is 5. The molecule has 1 aliphatic rings. The number of carboxylic acid groups (broad SMARTS) is 1.